The van der Waals surface area contributed by atoms with Crippen molar-refractivity contribution in [1.29, 1.82) is 0 Å². The van der Waals surface area contributed by atoms with Crippen LogP contribution >= 0.6 is 57.9 Å². The van der Waals surface area contributed by atoms with Crippen molar-refractivity contribution in [3.8, 4) is 57.1 Å². The van der Waals surface area contributed by atoms with Gasteiger partial charge in [0.05, 0.1) is 41.3 Å². The fourth-order valence-electron chi connectivity index (χ4n) is 16.5. The third-order valence-electron chi connectivity index (χ3n) is 23.4. The largest absolute Gasteiger partial charge is 0.508 e. The molecule has 5 aromatic carbocycles. The summed E-state index contributed by atoms with van der Waals surface area (Å²) in [5.41, 5.74) is 13.3. The molecule has 0 aliphatic carbocycles. The van der Waals surface area contributed by atoms with Crippen molar-refractivity contribution < 1.29 is 142 Å². The molecule has 44 nitrogen and oxygen atoms in total. The molecular weight excluding hydrogens is 1890 g/mol. The van der Waals surface area contributed by atoms with Gasteiger partial charge in [0.15, 0.2) is 53.7 Å². The van der Waals surface area contributed by atoms with Crippen LogP contribution in [-0.2, 0) is 78.3 Å². The van der Waals surface area contributed by atoms with E-state index in [0.29, 0.717) is 5.57 Å². The maximum Gasteiger partial charge on any atom is 0.352 e. The van der Waals surface area contributed by atoms with Gasteiger partial charge in [-0.25, -0.2) is 14.3 Å². The van der Waals surface area contributed by atoms with Gasteiger partial charge in [-0.1, -0.05) is 89.4 Å². The number of rotatable bonds is 24. The second-order valence-corrected chi connectivity index (χ2v) is 37.2. The molecule has 3 saturated heterocycles. The molecule has 724 valence electrons. The minimum Gasteiger partial charge on any atom is -0.508 e. The van der Waals surface area contributed by atoms with E-state index < -0.39 is 296 Å². The van der Waals surface area contributed by atoms with Gasteiger partial charge >= 0.3 is 5.97 Å². The van der Waals surface area contributed by atoms with Gasteiger partial charge in [0.2, 0.25) is 59.3 Å². The van der Waals surface area contributed by atoms with Crippen molar-refractivity contribution in [2.24, 2.45) is 22.5 Å². The molecule has 0 saturated carbocycles. The molecule has 0 unspecified atom stereocenters. The number of primary amides is 1. The van der Waals surface area contributed by atoms with Gasteiger partial charge in [0.1, 0.15) is 129 Å². The number of phenols is 3. The quantitative estimate of drug-likeness (QED) is 0.0128. The van der Waals surface area contributed by atoms with Crippen LogP contribution in [0.15, 0.2) is 126 Å². The van der Waals surface area contributed by atoms with Crippen molar-refractivity contribution >= 4 is 134 Å². The zero-order valence-corrected chi connectivity index (χ0v) is 76.5. The Bertz CT molecular complexity index is 5920. The Hall–Kier alpha value is -12.4. The number of benzene rings is 5. The maximum atomic E-state index is 16.4. The maximum absolute atomic E-state index is 16.4. The average Bonchev–Trinajstić information content (AvgIpc) is 0.767. The molecular formula is C87H96Cl3N16O28S2+. The number of carbonyl (C=O) groups is 11. The van der Waals surface area contributed by atoms with Crippen molar-refractivity contribution in [2.75, 3.05) is 38.3 Å². The molecule has 7 aromatic rings. The molecule has 3 fully saturated rings. The van der Waals surface area contributed by atoms with Crippen LogP contribution in [-0.4, -0.2) is 255 Å². The van der Waals surface area contributed by atoms with Crippen LogP contribution in [0.3, 0.4) is 0 Å². The number of likely N-dealkylation sites (N-methyl/N-ethyl adjacent to an activating group) is 1. The molecule has 20 atom stereocenters. The number of aliphatic carboxylic acids is 1. The van der Waals surface area contributed by atoms with Crippen LogP contribution in [0.4, 0.5) is 5.13 Å². The number of ether oxygens (including phenoxy) is 6. The van der Waals surface area contributed by atoms with Gasteiger partial charge in [-0.3, -0.25) is 52.8 Å². The first-order chi connectivity index (χ1) is 64.6. The smallest absolute Gasteiger partial charge is 0.352 e. The first-order valence-corrected chi connectivity index (χ1v) is 45.4. The number of anilines is 1. The van der Waals surface area contributed by atoms with Gasteiger partial charge in [-0.15, -0.1) is 11.8 Å². The van der Waals surface area contributed by atoms with Crippen LogP contribution in [0.1, 0.15) is 117 Å². The Morgan fingerprint density at radius 3 is 2.04 bits per heavy atom. The number of aromatic hydroxyl groups is 3. The lowest BCUT2D eigenvalue weighted by molar-refractivity contribution is -0.689. The minimum absolute atomic E-state index is 0.110. The van der Waals surface area contributed by atoms with Gasteiger partial charge in [-0.2, -0.15) is 0 Å². The topological polar surface area (TPSA) is 673 Å². The highest BCUT2D eigenvalue weighted by Gasteiger charge is 2.56. The predicted molar refractivity (Wildman–Crippen MR) is 480 cm³/mol. The predicted octanol–water partition coefficient (Wildman–Crippen LogP) is 0.367. The monoisotopic (exact) mass is 1980 g/mol. The van der Waals surface area contributed by atoms with Crippen LogP contribution in [0, 0.1) is 5.92 Å². The number of carbonyl (C=O) groups excluding carboxylic acids is 10. The molecule has 9 aliphatic rings. The number of halogens is 3. The van der Waals surface area contributed by atoms with Crippen LogP contribution in [0.2, 0.25) is 14.4 Å². The summed E-state index contributed by atoms with van der Waals surface area (Å²) in [6.45, 7) is 4.85. The number of nitrogen functional groups attached to an aromatic ring is 1. The SMILES string of the molecule is CN[C@H](CC(C)C)C(=O)N[C@H]1C(=O)N[C@@H](CC(N)=O)C(=O)N[C@H]2C(=O)N[C@H]3C(=O)N[C@H](C(=O)N[C@H](C(=O)NCCCO/N=C(\C(=O)N[C@@H]4C(=O)N5C(C(=O)O)=C(C[n+]6ccccc6)CS[C@H]45)c4nc(N)sc4Cl)c4cc(O)cc(O)c4-c4cc3ccc4O)[C@H](O)c3ccc(c(Cl)c3)Oc3cc2cc(c3O[C@@H]2O[C@H](CO)[C@@H](O)[C@H](O)[C@H]2O[C@H]2C[C@](C)(N)[C@H](O)[C@H](C)O2)Oc2ccc(cc2Cl)[C@H]1O. The Kier molecular flexibility index (Phi) is 30.5. The zero-order chi connectivity index (χ0) is 98.1. The molecule has 136 heavy (non-hydrogen) atoms. The highest BCUT2D eigenvalue weighted by molar-refractivity contribution is 8.00. The van der Waals surface area contributed by atoms with E-state index in [1.54, 1.807) is 49.0 Å². The number of thioether (sulfide) groups is 1. The van der Waals surface area contributed by atoms with Gasteiger partial charge in [0.25, 0.3) is 11.8 Å². The van der Waals surface area contributed by atoms with Gasteiger partial charge in [0, 0.05) is 65.6 Å². The van der Waals surface area contributed by atoms with Crippen LogP contribution in [0.5, 0.6) is 46.0 Å². The number of nitrogens with two attached hydrogens (primary N) is 3. The number of pyridine rings is 1. The number of aromatic nitrogens is 2. The van der Waals surface area contributed by atoms with Crippen LogP contribution < -0.4 is 83.8 Å². The van der Waals surface area contributed by atoms with Gasteiger partial charge in [-0.05, 0) is 116 Å². The molecule has 11 heterocycles. The Morgan fingerprint density at radius 2 is 1.41 bits per heavy atom. The second-order valence-electron chi connectivity index (χ2n) is 33.6. The summed E-state index contributed by atoms with van der Waals surface area (Å²) in [7, 11) is 1.46. The Balaban J connectivity index is 0.849. The molecule has 11 bridgehead atoms. The number of fused-ring (bicyclic) bond motifs is 16. The number of carboxylic acids is 1. The Labute approximate surface area is 795 Å². The lowest BCUT2D eigenvalue weighted by Crippen LogP contribution is -2.71. The number of nitrogens with one attached hydrogen (secondary N) is 9. The summed E-state index contributed by atoms with van der Waals surface area (Å²) in [5, 5.41) is 142. The number of phenolic OH excluding ortho intramolecular Hbond substituents is 3. The third-order valence-corrected chi connectivity index (χ3v) is 26.4. The molecule has 25 N–H and O–H groups in total. The highest BCUT2D eigenvalue weighted by atomic mass is 35.5. The van der Waals surface area contributed by atoms with E-state index in [2.05, 4.69) is 58.0 Å². The minimum atomic E-state index is -2.41. The van der Waals surface area contributed by atoms with E-state index >= 15 is 28.8 Å². The Morgan fingerprint density at radius 1 is 0.757 bits per heavy atom. The molecule has 16 rings (SSSR count). The molecule has 9 aliphatic heterocycles. The first kappa shape index (κ1) is 99.6. The van der Waals surface area contributed by atoms with Gasteiger partial charge < -0.3 is 149 Å². The number of amides is 10. The van der Waals surface area contributed by atoms with E-state index in [9.17, 15) is 75.0 Å². The molecule has 2 aromatic heterocycles. The van der Waals surface area contributed by atoms with E-state index in [-0.39, 0.29) is 75.2 Å². The standard InChI is InChI=1S/C87H95Cl3N16O28S2/c1-33(2)20-45(94-5)74(117)100-62-66(112)36-11-14-49(43(88)22-36)130-51-24-38-25-52(70(51)134-85-71(69(115)68(114)53(31-107)132-85)133-55-29-87(4,93)72(116)34(3)129-55)131-50-15-12-37(23-44(50)89)67(113)63-81(124)99-59(42-26-40(108)27-48(110)56(42)41-21-35(10-13-47(41)109)57(77(120)101-63)98-78(121)58(38)97-75(118)46(28-54(91)111)96-80(62)123)76(119)95-16-9-19-128-104-61(60-73(90)136-86(92)103-60)79(122)102-64-82(125)106-65(84(126)127)39(32-135-83(64)106)30-105-17-7-6-8-18-105/h6-8,10-15,17-18,21-27,33-34,45-46,53,55,57-59,62-64,66-69,71-72,83,85,94,107,112-116H,9,16,19-20,28-32,93H2,1-5H3,(H15-,91,92,95,96,97,98,99,100,101,102,103,104,108,109,110,111,117,118,119,120,121,122,123,124,126,127)/p+1/t34-,45+,46-,53+,55-,57+,58+,59-,62+,63-,64+,66+,67+,68+,69-,71+,72+,83+,85-,87-/m0/s1. The first-order valence-electron chi connectivity index (χ1n) is 42.4. The summed E-state index contributed by atoms with van der Waals surface area (Å²) in [6, 6.07) is 3.03. The van der Waals surface area contributed by atoms with E-state index in [0.717, 1.165) is 83.0 Å². The van der Waals surface area contributed by atoms with Crippen molar-refractivity contribution in [3.05, 3.63) is 169 Å². The number of nitrogens with zero attached hydrogens (tertiary/aromatic N) is 4. The zero-order valence-electron chi connectivity index (χ0n) is 72.6. The number of hydrogen-bond acceptors (Lipinski definition) is 34. The van der Waals surface area contributed by atoms with Crippen molar-refractivity contribution in [1.82, 2.24) is 57.7 Å². The summed E-state index contributed by atoms with van der Waals surface area (Å²) in [6.07, 6.45) is -15.9. The number of aliphatic hydroxyl groups excluding tert-OH is 6. The second kappa shape index (κ2) is 41.7. The molecule has 0 spiro atoms. The van der Waals surface area contributed by atoms with E-state index in [1.807, 2.05) is 0 Å². The molecule has 0 radical (unpaired) electrons. The van der Waals surface area contributed by atoms with E-state index in [4.69, 9.17) is 85.3 Å². The number of carboxylic acid groups (broad SMARTS) is 1. The average molecular weight is 1980 g/mol. The summed E-state index contributed by atoms with van der Waals surface area (Å²) >= 11 is 22.8. The fourth-order valence-corrected chi connectivity index (χ4v) is 19.2. The fraction of sp³-hybridized carbons (Fsp3) is 0.402. The highest BCUT2D eigenvalue weighted by Crippen LogP contribution is 2.51. The summed E-state index contributed by atoms with van der Waals surface area (Å²) < 4.78 is 40.3. The number of β-lactam (4-membered cyclic amide) rings is 1. The number of hydrogen-bond donors (Lipinski definition) is 22. The molecule has 49 heteroatoms. The van der Waals surface area contributed by atoms with E-state index in [1.165, 1.54) is 44.8 Å². The molecule has 10 amide bonds. The number of thiazole rings is 1. The van der Waals surface area contributed by atoms with Crippen molar-refractivity contribution in [2.45, 2.75) is 181 Å². The lowest BCUT2D eigenvalue weighted by Gasteiger charge is -2.49. The number of oxime groups is 1. The summed E-state index contributed by atoms with van der Waals surface area (Å²) in [4.78, 5) is 173. The number of aliphatic hydroxyl groups is 6. The lowest BCUT2D eigenvalue weighted by atomic mass is 9.86. The third kappa shape index (κ3) is 21.4. The van der Waals surface area contributed by atoms with Crippen molar-refractivity contribution in [3.63, 3.8) is 0 Å². The summed E-state index contributed by atoms with van der Waals surface area (Å²) in [5.74, 6) is -18.9. The van der Waals surface area contributed by atoms with Crippen LogP contribution in [0.25, 0.3) is 11.1 Å². The normalized spacial score (nSPS) is 27.1.